The van der Waals surface area contributed by atoms with Crippen LogP contribution in [0, 0.1) is 0 Å². The maximum Gasteiger partial charge on any atom is 0.337 e. The second kappa shape index (κ2) is 7.99. The molecule has 0 saturated heterocycles. The van der Waals surface area contributed by atoms with E-state index in [4.69, 9.17) is 10.5 Å². The van der Waals surface area contributed by atoms with Crippen LogP contribution in [0.4, 0.5) is 4.79 Å². The zero-order chi connectivity index (χ0) is 13.4. The number of esters is 1. The number of nitrogens with one attached hydrogen (secondary N) is 2. The van der Waals surface area contributed by atoms with Crippen LogP contribution in [0.3, 0.4) is 0 Å². The van der Waals surface area contributed by atoms with E-state index in [1.807, 2.05) is 0 Å². The van der Waals surface area contributed by atoms with Crippen molar-refractivity contribution >= 4 is 23.8 Å². The first-order valence-corrected chi connectivity index (χ1v) is 7.06. The third kappa shape index (κ3) is 4.58. The lowest BCUT2D eigenvalue weighted by Gasteiger charge is -2.21. The molecule has 0 aromatic heterocycles. The number of nitrogens with two attached hydrogens (primary N) is 1. The number of rotatable bonds is 7. The van der Waals surface area contributed by atoms with Crippen molar-refractivity contribution in [2.24, 2.45) is 5.73 Å². The van der Waals surface area contributed by atoms with Gasteiger partial charge in [-0.25, -0.2) is 9.59 Å². The van der Waals surface area contributed by atoms with Gasteiger partial charge in [-0.2, -0.15) is 11.8 Å². The fourth-order valence-corrected chi connectivity index (χ4v) is 2.39. The summed E-state index contributed by atoms with van der Waals surface area (Å²) in [7, 11) is 0. The molecule has 0 aromatic carbocycles. The molecule has 1 aliphatic rings. The topological polar surface area (TPSA) is 93.4 Å². The maximum atomic E-state index is 11.7. The van der Waals surface area contributed by atoms with Gasteiger partial charge >= 0.3 is 12.0 Å². The number of amides is 2. The molecule has 0 radical (unpaired) electrons. The Balaban J connectivity index is 2.63. The smallest absolute Gasteiger partial charge is 0.337 e. The van der Waals surface area contributed by atoms with Gasteiger partial charge in [-0.15, -0.1) is 0 Å². The lowest BCUT2D eigenvalue weighted by atomic mass is 10.2. The number of carbonyl (C=O) groups is 2. The van der Waals surface area contributed by atoms with Gasteiger partial charge in [0.05, 0.1) is 18.7 Å². The highest BCUT2D eigenvalue weighted by Crippen LogP contribution is 2.14. The SMILES string of the molecule is CCOC(=O)C1=C(CSCCCN)NC(=O)NC1. The molecular weight excluding hydrogens is 254 g/mol. The van der Waals surface area contributed by atoms with Gasteiger partial charge in [0.2, 0.25) is 0 Å². The molecule has 102 valence electrons. The van der Waals surface area contributed by atoms with E-state index < -0.39 is 0 Å². The number of urea groups is 1. The Morgan fingerprint density at radius 3 is 3.00 bits per heavy atom. The predicted molar refractivity (Wildman–Crippen MR) is 71.2 cm³/mol. The summed E-state index contributed by atoms with van der Waals surface area (Å²) in [5.41, 5.74) is 6.54. The van der Waals surface area contributed by atoms with Crippen LogP contribution in [0.15, 0.2) is 11.3 Å². The zero-order valence-corrected chi connectivity index (χ0v) is 11.3. The van der Waals surface area contributed by atoms with Gasteiger partial charge in [-0.05, 0) is 25.6 Å². The van der Waals surface area contributed by atoms with E-state index in [1.165, 1.54) is 0 Å². The van der Waals surface area contributed by atoms with Crippen LogP contribution in [0.5, 0.6) is 0 Å². The number of thioether (sulfide) groups is 1. The second-order valence-corrected chi connectivity index (χ2v) is 4.79. The fraction of sp³-hybridized carbons (Fsp3) is 0.636. The molecule has 0 bridgehead atoms. The van der Waals surface area contributed by atoms with Crippen molar-refractivity contribution in [1.29, 1.82) is 0 Å². The minimum atomic E-state index is -0.376. The van der Waals surface area contributed by atoms with Crippen LogP contribution >= 0.6 is 11.8 Å². The van der Waals surface area contributed by atoms with E-state index in [1.54, 1.807) is 18.7 Å². The van der Waals surface area contributed by atoms with Gasteiger partial charge in [0, 0.05) is 11.4 Å². The lowest BCUT2D eigenvalue weighted by Crippen LogP contribution is -2.44. The molecule has 0 atom stereocenters. The molecule has 0 aromatic rings. The summed E-state index contributed by atoms with van der Waals surface area (Å²) in [5, 5.41) is 5.22. The highest BCUT2D eigenvalue weighted by atomic mass is 32.2. The van der Waals surface area contributed by atoms with Crippen molar-refractivity contribution in [3.63, 3.8) is 0 Å². The molecule has 0 unspecified atom stereocenters. The molecule has 1 heterocycles. The highest BCUT2D eigenvalue weighted by molar-refractivity contribution is 7.99. The van der Waals surface area contributed by atoms with Crippen molar-refractivity contribution in [2.45, 2.75) is 13.3 Å². The summed E-state index contributed by atoms with van der Waals surface area (Å²) >= 11 is 1.64. The lowest BCUT2D eigenvalue weighted by molar-refractivity contribution is -0.138. The van der Waals surface area contributed by atoms with Crippen molar-refractivity contribution < 1.29 is 14.3 Å². The Labute approximate surface area is 111 Å². The molecule has 0 spiro atoms. The minimum Gasteiger partial charge on any atom is -0.463 e. The average molecular weight is 273 g/mol. The van der Waals surface area contributed by atoms with Crippen LogP contribution in [-0.2, 0) is 9.53 Å². The first-order chi connectivity index (χ1) is 8.69. The molecule has 2 amide bonds. The maximum absolute atomic E-state index is 11.7. The van der Waals surface area contributed by atoms with Crippen molar-refractivity contribution in [2.75, 3.05) is 31.2 Å². The molecule has 18 heavy (non-hydrogen) atoms. The van der Waals surface area contributed by atoms with Gasteiger partial charge in [0.1, 0.15) is 0 Å². The Morgan fingerprint density at radius 1 is 1.56 bits per heavy atom. The zero-order valence-electron chi connectivity index (χ0n) is 10.5. The largest absolute Gasteiger partial charge is 0.463 e. The van der Waals surface area contributed by atoms with Crippen LogP contribution in [-0.4, -0.2) is 43.2 Å². The van der Waals surface area contributed by atoms with Crippen LogP contribution < -0.4 is 16.4 Å². The van der Waals surface area contributed by atoms with Crippen molar-refractivity contribution in [3.8, 4) is 0 Å². The van der Waals surface area contributed by atoms with E-state index >= 15 is 0 Å². The van der Waals surface area contributed by atoms with Gasteiger partial charge in [-0.3, -0.25) is 0 Å². The molecule has 7 heteroatoms. The summed E-state index contributed by atoms with van der Waals surface area (Å²) in [5.74, 6) is 1.11. The number of hydrogen-bond acceptors (Lipinski definition) is 5. The third-order valence-electron chi connectivity index (χ3n) is 2.32. The normalized spacial score (nSPS) is 15.1. The molecule has 4 N–H and O–H groups in total. The van der Waals surface area contributed by atoms with E-state index in [-0.39, 0.29) is 18.5 Å². The molecular formula is C11H19N3O3S. The number of ether oxygens (including phenoxy) is 1. The highest BCUT2D eigenvalue weighted by Gasteiger charge is 2.23. The van der Waals surface area contributed by atoms with Crippen LogP contribution in [0.1, 0.15) is 13.3 Å². The molecule has 1 rings (SSSR count). The molecule has 0 aliphatic carbocycles. The third-order valence-corrected chi connectivity index (χ3v) is 3.39. The molecule has 1 aliphatic heterocycles. The van der Waals surface area contributed by atoms with Gasteiger partial charge in [-0.1, -0.05) is 0 Å². The summed E-state index contributed by atoms with van der Waals surface area (Å²) in [6.07, 6.45) is 0.916. The van der Waals surface area contributed by atoms with E-state index in [9.17, 15) is 9.59 Å². The van der Waals surface area contributed by atoms with Crippen molar-refractivity contribution in [3.05, 3.63) is 11.3 Å². The Bertz CT molecular complexity index is 344. The Kier molecular flexibility index (Phi) is 6.59. The number of hydrogen-bond donors (Lipinski definition) is 3. The summed E-state index contributed by atoms with van der Waals surface area (Å²) in [6.45, 7) is 2.94. The molecule has 0 fully saturated rings. The summed E-state index contributed by atoms with van der Waals surface area (Å²) in [6, 6.07) is -0.280. The number of carbonyl (C=O) groups excluding carboxylic acids is 2. The van der Waals surface area contributed by atoms with Gasteiger partial charge in [0.25, 0.3) is 0 Å². The Morgan fingerprint density at radius 2 is 2.33 bits per heavy atom. The monoisotopic (exact) mass is 273 g/mol. The molecule has 0 saturated carbocycles. The van der Waals surface area contributed by atoms with E-state index in [0.29, 0.717) is 30.2 Å². The quantitative estimate of drug-likeness (QED) is 0.455. The minimum absolute atomic E-state index is 0.220. The van der Waals surface area contributed by atoms with E-state index in [2.05, 4.69) is 10.6 Å². The van der Waals surface area contributed by atoms with E-state index in [0.717, 1.165) is 12.2 Å². The van der Waals surface area contributed by atoms with Crippen molar-refractivity contribution in [1.82, 2.24) is 10.6 Å². The fourth-order valence-electron chi connectivity index (χ4n) is 1.43. The standard InChI is InChI=1S/C11H19N3O3S/c1-2-17-10(15)8-6-13-11(16)14-9(8)7-18-5-3-4-12/h2-7,12H2,1H3,(H2,13,14,16). The predicted octanol–water partition coefficient (Wildman–Crippen LogP) is 0.198. The average Bonchev–Trinajstić information content (AvgIpc) is 2.35. The molecule has 6 nitrogen and oxygen atoms in total. The van der Waals surface area contributed by atoms with Gasteiger partial charge in [0.15, 0.2) is 0 Å². The Hall–Kier alpha value is -1.21. The first kappa shape index (κ1) is 14.8. The second-order valence-electron chi connectivity index (χ2n) is 3.68. The van der Waals surface area contributed by atoms with Crippen LogP contribution in [0.2, 0.25) is 0 Å². The van der Waals surface area contributed by atoms with Gasteiger partial charge < -0.3 is 21.1 Å². The summed E-state index contributed by atoms with van der Waals surface area (Å²) < 4.78 is 4.96. The first-order valence-electron chi connectivity index (χ1n) is 5.90. The van der Waals surface area contributed by atoms with Crippen LogP contribution in [0.25, 0.3) is 0 Å². The summed E-state index contributed by atoms with van der Waals surface area (Å²) in [4.78, 5) is 23.0.